The smallest absolute Gasteiger partial charge is 0.243 e. The summed E-state index contributed by atoms with van der Waals surface area (Å²) in [6.45, 7) is 4.30. The Hall–Kier alpha value is -3.13. The Bertz CT molecular complexity index is 1100. The molecule has 2 aromatic carbocycles. The molecule has 0 aliphatic heterocycles. The van der Waals surface area contributed by atoms with Crippen molar-refractivity contribution < 1.29 is 4.79 Å². The van der Waals surface area contributed by atoms with Crippen LogP contribution >= 0.6 is 0 Å². The van der Waals surface area contributed by atoms with Crippen molar-refractivity contribution >= 4 is 16.9 Å². The second kappa shape index (κ2) is 9.34. The van der Waals surface area contributed by atoms with Crippen molar-refractivity contribution in [1.82, 2.24) is 14.9 Å². The van der Waals surface area contributed by atoms with Gasteiger partial charge in [-0.25, -0.2) is 4.98 Å². The lowest BCUT2D eigenvalue weighted by Gasteiger charge is -2.28. The summed E-state index contributed by atoms with van der Waals surface area (Å²) in [5.74, 6) is 1.16. The van der Waals surface area contributed by atoms with E-state index in [0.29, 0.717) is 11.5 Å². The molecule has 1 aliphatic rings. The third-order valence-electron chi connectivity index (χ3n) is 6.11. The van der Waals surface area contributed by atoms with E-state index in [1.54, 1.807) is 6.07 Å². The summed E-state index contributed by atoms with van der Waals surface area (Å²) in [5, 5.41) is 12.7. The van der Waals surface area contributed by atoms with Crippen LogP contribution in [0.25, 0.3) is 22.4 Å². The van der Waals surface area contributed by atoms with E-state index in [1.165, 1.54) is 19.3 Å². The predicted octanol–water partition coefficient (Wildman–Crippen LogP) is 5.61. The van der Waals surface area contributed by atoms with Crippen LogP contribution in [0.4, 0.5) is 0 Å². The molecule has 1 atom stereocenters. The second-order valence-corrected chi connectivity index (χ2v) is 8.98. The molecular formula is C26H30N4O. The predicted molar refractivity (Wildman–Crippen MR) is 123 cm³/mol. The van der Waals surface area contributed by atoms with Gasteiger partial charge in [0.05, 0.1) is 22.7 Å². The zero-order valence-electron chi connectivity index (χ0n) is 18.3. The van der Waals surface area contributed by atoms with E-state index in [2.05, 4.69) is 29.8 Å². The largest absolute Gasteiger partial charge is 0.352 e. The fraction of sp³-hybridized carbons (Fsp3) is 0.423. The number of benzene rings is 2. The van der Waals surface area contributed by atoms with Gasteiger partial charge < -0.3 is 9.88 Å². The summed E-state index contributed by atoms with van der Waals surface area (Å²) in [7, 11) is 0. The number of aromatic nitrogens is 2. The molecule has 1 heterocycles. The molecule has 160 valence electrons. The maximum Gasteiger partial charge on any atom is 0.243 e. The summed E-state index contributed by atoms with van der Waals surface area (Å²) in [5.41, 5.74) is 3.25. The Labute approximate surface area is 184 Å². The number of nitriles is 1. The average Bonchev–Trinajstić information content (AvgIpc) is 3.17. The van der Waals surface area contributed by atoms with Crippen LogP contribution in [-0.2, 0) is 4.79 Å². The number of hydrogen-bond acceptors (Lipinski definition) is 3. The van der Waals surface area contributed by atoms with Gasteiger partial charge in [0.25, 0.3) is 0 Å². The number of carbonyl (C=O) groups is 1. The highest BCUT2D eigenvalue weighted by Gasteiger charge is 2.29. The molecule has 1 N–H and O–H groups in total. The Kier molecular flexibility index (Phi) is 6.36. The van der Waals surface area contributed by atoms with Crippen LogP contribution in [0.15, 0.2) is 48.5 Å². The molecule has 0 saturated heterocycles. The fourth-order valence-corrected chi connectivity index (χ4v) is 4.61. The normalized spacial score (nSPS) is 15.7. The van der Waals surface area contributed by atoms with Crippen molar-refractivity contribution in [3.63, 3.8) is 0 Å². The van der Waals surface area contributed by atoms with E-state index in [9.17, 15) is 10.1 Å². The quantitative estimate of drug-likeness (QED) is 0.570. The molecule has 1 amide bonds. The summed E-state index contributed by atoms with van der Waals surface area (Å²) in [4.78, 5) is 18.5. The molecule has 1 fully saturated rings. The van der Waals surface area contributed by atoms with Crippen LogP contribution in [-0.4, -0.2) is 21.5 Å². The highest BCUT2D eigenvalue weighted by atomic mass is 16.2. The number of hydrogen-bond donors (Lipinski definition) is 1. The Morgan fingerprint density at radius 1 is 1.16 bits per heavy atom. The summed E-state index contributed by atoms with van der Waals surface area (Å²) in [6.07, 6.45) is 6.46. The molecule has 31 heavy (non-hydrogen) atoms. The first-order valence-corrected chi connectivity index (χ1v) is 11.3. The minimum atomic E-state index is -0.352. The van der Waals surface area contributed by atoms with Crippen molar-refractivity contribution in [2.24, 2.45) is 5.92 Å². The van der Waals surface area contributed by atoms with E-state index < -0.39 is 0 Å². The first kappa shape index (κ1) is 21.1. The summed E-state index contributed by atoms with van der Waals surface area (Å²) in [6, 6.07) is 17.6. The van der Waals surface area contributed by atoms with Crippen molar-refractivity contribution in [2.45, 2.75) is 64.5 Å². The van der Waals surface area contributed by atoms with Crippen LogP contribution < -0.4 is 5.32 Å². The van der Waals surface area contributed by atoms with Crippen LogP contribution in [0.3, 0.4) is 0 Å². The molecule has 1 unspecified atom stereocenters. The minimum absolute atomic E-state index is 0.0708. The molecule has 5 nitrogen and oxygen atoms in total. The van der Waals surface area contributed by atoms with Crippen molar-refractivity contribution in [2.75, 3.05) is 0 Å². The zero-order valence-corrected chi connectivity index (χ0v) is 18.3. The maximum atomic E-state index is 13.6. The number of rotatable bonds is 6. The molecule has 0 radical (unpaired) electrons. The standard InChI is InChI=1S/C26H30N4O/c1-18(2)15-24(26(31)28-21-11-4-3-5-12-21)30-23-14-7-6-13-22(23)29-25(30)20-10-8-9-19(16-20)17-27/h6-10,13-14,16,18,21,24H,3-5,11-12,15H2,1-2H3,(H,28,31). The maximum absolute atomic E-state index is 13.6. The van der Waals surface area contributed by atoms with Gasteiger partial charge in [-0.1, -0.05) is 57.4 Å². The van der Waals surface area contributed by atoms with Crippen LogP contribution in [0.1, 0.15) is 64.0 Å². The molecule has 5 heteroatoms. The van der Waals surface area contributed by atoms with Gasteiger partial charge in [0.2, 0.25) is 5.91 Å². The van der Waals surface area contributed by atoms with Crippen LogP contribution in [0, 0.1) is 17.2 Å². The van der Waals surface area contributed by atoms with Gasteiger partial charge in [-0.3, -0.25) is 4.79 Å². The Morgan fingerprint density at radius 2 is 1.94 bits per heavy atom. The number of fused-ring (bicyclic) bond motifs is 1. The molecule has 0 bridgehead atoms. The summed E-state index contributed by atoms with van der Waals surface area (Å²) < 4.78 is 2.09. The monoisotopic (exact) mass is 414 g/mol. The minimum Gasteiger partial charge on any atom is -0.352 e. The first-order valence-electron chi connectivity index (χ1n) is 11.3. The number of nitrogens with zero attached hydrogens (tertiary/aromatic N) is 3. The highest BCUT2D eigenvalue weighted by molar-refractivity contribution is 5.87. The van der Waals surface area contributed by atoms with Gasteiger partial charge >= 0.3 is 0 Å². The highest BCUT2D eigenvalue weighted by Crippen LogP contribution is 2.32. The van der Waals surface area contributed by atoms with Crippen molar-refractivity contribution in [3.8, 4) is 17.5 Å². The van der Waals surface area contributed by atoms with Gasteiger partial charge in [0, 0.05) is 11.6 Å². The third kappa shape index (κ3) is 4.64. The molecular weight excluding hydrogens is 384 g/mol. The summed E-state index contributed by atoms with van der Waals surface area (Å²) >= 11 is 0. The van der Waals surface area contributed by atoms with E-state index in [1.807, 2.05) is 42.5 Å². The lowest BCUT2D eigenvalue weighted by atomic mass is 9.94. The molecule has 1 aliphatic carbocycles. The number of nitrogens with one attached hydrogen (secondary N) is 1. The number of imidazole rings is 1. The van der Waals surface area contributed by atoms with Gasteiger partial charge in [-0.2, -0.15) is 5.26 Å². The van der Waals surface area contributed by atoms with Gasteiger partial charge in [-0.15, -0.1) is 0 Å². The molecule has 0 spiro atoms. The first-order chi connectivity index (χ1) is 15.1. The Morgan fingerprint density at radius 3 is 2.68 bits per heavy atom. The topological polar surface area (TPSA) is 70.7 Å². The van der Waals surface area contributed by atoms with E-state index in [0.717, 1.165) is 41.7 Å². The third-order valence-corrected chi connectivity index (χ3v) is 6.11. The van der Waals surface area contributed by atoms with E-state index in [-0.39, 0.29) is 18.0 Å². The van der Waals surface area contributed by atoms with Crippen LogP contribution in [0.5, 0.6) is 0 Å². The Balaban J connectivity index is 1.81. The number of amides is 1. The van der Waals surface area contributed by atoms with Crippen LogP contribution in [0.2, 0.25) is 0 Å². The molecule has 4 rings (SSSR count). The number of carbonyl (C=O) groups excluding carboxylic acids is 1. The van der Waals surface area contributed by atoms with E-state index >= 15 is 0 Å². The SMILES string of the molecule is CC(C)CC(C(=O)NC1CCCCC1)n1c(-c2cccc(C#N)c2)nc2ccccc21. The number of para-hydroxylation sites is 2. The second-order valence-electron chi connectivity index (χ2n) is 8.98. The zero-order chi connectivity index (χ0) is 21.8. The van der Waals surface area contributed by atoms with Gasteiger partial charge in [0.1, 0.15) is 11.9 Å². The molecule has 1 saturated carbocycles. The van der Waals surface area contributed by atoms with Gasteiger partial charge in [-0.05, 0) is 49.4 Å². The fourth-order valence-electron chi connectivity index (χ4n) is 4.61. The molecule has 3 aromatic rings. The lowest BCUT2D eigenvalue weighted by molar-refractivity contribution is -0.125. The molecule has 1 aromatic heterocycles. The lowest BCUT2D eigenvalue weighted by Crippen LogP contribution is -2.41. The average molecular weight is 415 g/mol. The van der Waals surface area contributed by atoms with Crippen molar-refractivity contribution in [1.29, 1.82) is 5.26 Å². The van der Waals surface area contributed by atoms with Crippen molar-refractivity contribution in [3.05, 3.63) is 54.1 Å². The van der Waals surface area contributed by atoms with E-state index in [4.69, 9.17) is 4.98 Å². The van der Waals surface area contributed by atoms with Gasteiger partial charge in [0.15, 0.2) is 0 Å².